The Kier molecular flexibility index (Phi) is 3.05. The van der Waals surface area contributed by atoms with Gasteiger partial charge in [-0.15, -0.1) is 0 Å². The van der Waals surface area contributed by atoms with Crippen LogP contribution >= 0.6 is 0 Å². The maximum Gasteiger partial charge on any atom is 0.0101 e. The van der Waals surface area contributed by atoms with Crippen molar-refractivity contribution in [2.24, 2.45) is 0 Å². The van der Waals surface area contributed by atoms with Crippen LogP contribution in [0.15, 0.2) is 11.6 Å². The summed E-state index contributed by atoms with van der Waals surface area (Å²) < 4.78 is 0. The van der Waals surface area contributed by atoms with Gasteiger partial charge in [-0.1, -0.05) is 11.6 Å². The molecule has 1 saturated heterocycles. The van der Waals surface area contributed by atoms with E-state index < -0.39 is 0 Å². The quantitative estimate of drug-likeness (QED) is 0.559. The second kappa shape index (κ2) is 4.28. The molecule has 1 unspecified atom stereocenters. The molecule has 0 aromatic heterocycles. The highest BCUT2D eigenvalue weighted by Crippen LogP contribution is 2.24. The average Bonchev–Trinajstić information content (AvgIpc) is 2.56. The van der Waals surface area contributed by atoms with Crippen molar-refractivity contribution in [3.8, 4) is 0 Å². The summed E-state index contributed by atoms with van der Waals surface area (Å²) in [7, 11) is 0. The van der Waals surface area contributed by atoms with E-state index in [4.69, 9.17) is 0 Å². The van der Waals surface area contributed by atoms with Crippen molar-refractivity contribution in [3.05, 3.63) is 11.6 Å². The largest absolute Gasteiger partial charge is 0.300 e. The van der Waals surface area contributed by atoms with E-state index in [0.29, 0.717) is 0 Å². The van der Waals surface area contributed by atoms with Crippen LogP contribution in [0.25, 0.3) is 0 Å². The van der Waals surface area contributed by atoms with Crippen LogP contribution in [0, 0.1) is 0 Å². The van der Waals surface area contributed by atoms with Crippen LogP contribution < -0.4 is 0 Å². The molecule has 1 atom stereocenters. The lowest BCUT2D eigenvalue weighted by molar-refractivity contribution is 0.222. The van der Waals surface area contributed by atoms with E-state index in [1.807, 2.05) is 0 Å². The lowest BCUT2D eigenvalue weighted by atomic mass is 10.1. The zero-order valence-corrected chi connectivity index (χ0v) is 8.76. The van der Waals surface area contributed by atoms with Gasteiger partial charge in [0, 0.05) is 6.04 Å². The van der Waals surface area contributed by atoms with Crippen molar-refractivity contribution in [3.63, 3.8) is 0 Å². The maximum atomic E-state index is 2.71. The minimum Gasteiger partial charge on any atom is -0.300 e. The number of hydrogen-bond donors (Lipinski definition) is 0. The molecule has 0 saturated carbocycles. The Morgan fingerprint density at radius 2 is 2.00 bits per heavy atom. The van der Waals surface area contributed by atoms with Crippen molar-refractivity contribution in [1.29, 1.82) is 0 Å². The molecule has 0 N–H and O–H groups in total. The van der Waals surface area contributed by atoms with Crippen LogP contribution in [-0.4, -0.2) is 24.0 Å². The first-order chi connectivity index (χ1) is 6.36. The van der Waals surface area contributed by atoms with E-state index in [1.165, 1.54) is 51.6 Å². The Balaban J connectivity index is 1.87. The van der Waals surface area contributed by atoms with Gasteiger partial charge in [-0.3, -0.25) is 0 Å². The maximum absolute atomic E-state index is 2.71. The Morgan fingerprint density at radius 3 is 2.77 bits per heavy atom. The van der Waals surface area contributed by atoms with Gasteiger partial charge in [-0.2, -0.15) is 0 Å². The molecular weight excluding hydrogens is 158 g/mol. The number of hydrogen-bond acceptors (Lipinski definition) is 1. The van der Waals surface area contributed by atoms with E-state index in [9.17, 15) is 0 Å². The summed E-state index contributed by atoms with van der Waals surface area (Å²) in [5, 5.41) is 0. The summed E-state index contributed by atoms with van der Waals surface area (Å²) in [6.07, 6.45) is 10.8. The normalized spacial score (nSPS) is 31.5. The van der Waals surface area contributed by atoms with Crippen LogP contribution in [-0.2, 0) is 0 Å². The van der Waals surface area contributed by atoms with Crippen molar-refractivity contribution in [2.45, 2.75) is 51.5 Å². The molecule has 74 valence electrons. The van der Waals surface area contributed by atoms with Gasteiger partial charge in [0.15, 0.2) is 0 Å². The van der Waals surface area contributed by atoms with Gasteiger partial charge in [0.1, 0.15) is 0 Å². The fraction of sp³-hybridized carbons (Fsp3) is 0.833. The molecule has 13 heavy (non-hydrogen) atoms. The Morgan fingerprint density at radius 1 is 1.23 bits per heavy atom. The average molecular weight is 179 g/mol. The minimum absolute atomic E-state index is 0.899. The van der Waals surface area contributed by atoms with E-state index in [-0.39, 0.29) is 0 Å². The van der Waals surface area contributed by atoms with Gasteiger partial charge in [-0.05, 0) is 58.5 Å². The summed E-state index contributed by atoms with van der Waals surface area (Å²) >= 11 is 0. The number of likely N-dealkylation sites (tertiary alicyclic amines) is 1. The fourth-order valence-corrected chi connectivity index (χ4v) is 2.63. The molecule has 1 fully saturated rings. The Hall–Kier alpha value is -0.300. The zero-order chi connectivity index (χ0) is 9.10. The Bertz CT molecular complexity index is 189. The van der Waals surface area contributed by atoms with Gasteiger partial charge in [0.25, 0.3) is 0 Å². The van der Waals surface area contributed by atoms with Gasteiger partial charge in [0.05, 0.1) is 0 Å². The smallest absolute Gasteiger partial charge is 0.0101 e. The second-order valence-electron chi connectivity index (χ2n) is 4.56. The molecule has 2 aliphatic rings. The van der Waals surface area contributed by atoms with E-state index in [0.717, 1.165) is 6.04 Å². The highest BCUT2D eigenvalue weighted by Gasteiger charge is 2.21. The fourth-order valence-electron chi connectivity index (χ4n) is 2.63. The summed E-state index contributed by atoms with van der Waals surface area (Å²) in [6, 6.07) is 0.899. The third-order valence-electron chi connectivity index (χ3n) is 3.52. The summed E-state index contributed by atoms with van der Waals surface area (Å²) in [5.41, 5.74) is 1.61. The topological polar surface area (TPSA) is 3.24 Å². The molecule has 1 aliphatic heterocycles. The summed E-state index contributed by atoms with van der Waals surface area (Å²) in [4.78, 5) is 2.71. The van der Waals surface area contributed by atoms with Crippen molar-refractivity contribution in [2.75, 3.05) is 13.1 Å². The van der Waals surface area contributed by atoms with Crippen molar-refractivity contribution < 1.29 is 0 Å². The molecule has 0 aromatic rings. The van der Waals surface area contributed by atoms with Crippen LogP contribution in [0.3, 0.4) is 0 Å². The van der Waals surface area contributed by atoms with Crippen LogP contribution in [0.2, 0.25) is 0 Å². The molecule has 1 aliphatic carbocycles. The van der Waals surface area contributed by atoms with Crippen LogP contribution in [0.5, 0.6) is 0 Å². The van der Waals surface area contributed by atoms with Gasteiger partial charge < -0.3 is 4.90 Å². The summed E-state index contributed by atoms with van der Waals surface area (Å²) in [6.45, 7) is 5.01. The highest BCUT2D eigenvalue weighted by molar-refractivity contribution is 5.02. The van der Waals surface area contributed by atoms with Crippen molar-refractivity contribution in [1.82, 2.24) is 4.90 Å². The van der Waals surface area contributed by atoms with E-state index in [2.05, 4.69) is 17.9 Å². The molecular formula is C12H21N. The van der Waals surface area contributed by atoms with E-state index in [1.54, 1.807) is 5.57 Å². The minimum atomic E-state index is 0.899. The molecule has 2 rings (SSSR count). The third-order valence-corrected chi connectivity index (χ3v) is 3.52. The molecule has 0 bridgehead atoms. The molecule has 0 spiro atoms. The first kappa shape index (κ1) is 9.26. The van der Waals surface area contributed by atoms with Crippen molar-refractivity contribution >= 4 is 0 Å². The highest BCUT2D eigenvalue weighted by atomic mass is 15.2. The van der Waals surface area contributed by atoms with Gasteiger partial charge >= 0.3 is 0 Å². The monoisotopic (exact) mass is 179 g/mol. The first-order valence-corrected chi connectivity index (χ1v) is 5.76. The van der Waals surface area contributed by atoms with Crippen LogP contribution in [0.1, 0.15) is 45.4 Å². The number of allylic oxidation sites excluding steroid dienone is 2. The molecule has 1 nitrogen and oxygen atoms in total. The van der Waals surface area contributed by atoms with Gasteiger partial charge in [0.2, 0.25) is 0 Å². The predicted molar refractivity (Wildman–Crippen MR) is 56.8 cm³/mol. The van der Waals surface area contributed by atoms with E-state index >= 15 is 0 Å². The molecule has 0 aromatic carbocycles. The number of rotatable bonds is 1. The molecule has 0 radical (unpaired) electrons. The Labute approximate surface area is 81.8 Å². The molecule has 1 heteroatoms. The standard InChI is InChI=1S/C12H21N/c1-11-5-4-6-12(8-7-11)13-9-2-3-10-13/h5,12H,2-4,6-10H2,1H3. The lowest BCUT2D eigenvalue weighted by Gasteiger charge is -2.26. The SMILES string of the molecule is CC1=CCCC(N2CCCC2)CC1. The van der Waals surface area contributed by atoms with Crippen LogP contribution in [0.4, 0.5) is 0 Å². The predicted octanol–water partition coefficient (Wildman–Crippen LogP) is 2.97. The molecule has 0 amide bonds. The zero-order valence-electron chi connectivity index (χ0n) is 8.76. The summed E-state index contributed by atoms with van der Waals surface area (Å²) in [5.74, 6) is 0. The lowest BCUT2D eigenvalue weighted by Crippen LogP contribution is -2.32. The second-order valence-corrected chi connectivity index (χ2v) is 4.56. The third kappa shape index (κ3) is 2.34. The first-order valence-electron chi connectivity index (χ1n) is 5.76. The number of nitrogens with zero attached hydrogens (tertiary/aromatic N) is 1. The van der Waals surface area contributed by atoms with Gasteiger partial charge in [-0.25, -0.2) is 0 Å². The molecule has 1 heterocycles.